The molecule has 30 heavy (non-hydrogen) atoms. The first-order chi connectivity index (χ1) is 14.5. The first kappa shape index (κ1) is 19.2. The number of hydrogen-bond donors (Lipinski definition) is 2. The van der Waals surface area contributed by atoms with Crippen LogP contribution >= 0.6 is 0 Å². The minimum Gasteiger partial charge on any atom is -0.315 e. The van der Waals surface area contributed by atoms with Gasteiger partial charge in [-0.05, 0) is 44.0 Å². The van der Waals surface area contributed by atoms with Gasteiger partial charge < -0.3 is 5.32 Å². The van der Waals surface area contributed by atoms with Gasteiger partial charge in [-0.25, -0.2) is 0 Å². The van der Waals surface area contributed by atoms with Crippen molar-refractivity contribution in [2.24, 2.45) is 0 Å². The van der Waals surface area contributed by atoms with Crippen molar-refractivity contribution in [3.05, 3.63) is 47.6 Å². The molecule has 5 rings (SSSR count). The monoisotopic (exact) mass is 406 g/mol. The van der Waals surface area contributed by atoms with E-state index in [4.69, 9.17) is 0 Å². The van der Waals surface area contributed by atoms with Gasteiger partial charge in [-0.3, -0.25) is 29.5 Å². The number of allylic oxidation sites excluding steroid dienone is 2. The summed E-state index contributed by atoms with van der Waals surface area (Å²) in [6.07, 6.45) is 7.69. The maximum absolute atomic E-state index is 13.4. The highest BCUT2D eigenvalue weighted by Crippen LogP contribution is 2.47. The van der Waals surface area contributed by atoms with Crippen LogP contribution in [0.1, 0.15) is 37.3 Å². The zero-order chi connectivity index (χ0) is 20.9. The third kappa shape index (κ3) is 2.84. The smallest absolute Gasteiger partial charge is 0.259 e. The fraction of sp³-hybridized carbons (Fsp3) is 0.435. The molecule has 0 bridgehead atoms. The second-order valence-electron chi connectivity index (χ2n) is 8.52. The molecule has 0 aromatic heterocycles. The molecule has 1 aromatic carbocycles. The normalized spacial score (nSPS) is 29.2. The molecule has 2 fully saturated rings. The Bertz CT molecular complexity index is 990. The Balaban J connectivity index is 1.61. The lowest BCUT2D eigenvalue weighted by molar-refractivity contribution is -0.135. The molecule has 3 heterocycles. The molecule has 1 aliphatic carbocycles. The van der Waals surface area contributed by atoms with E-state index in [1.54, 1.807) is 4.90 Å². The molecule has 0 saturated carbocycles. The molecule has 7 heteroatoms. The molecule has 0 spiro atoms. The average molecular weight is 406 g/mol. The average Bonchev–Trinajstić information content (AvgIpc) is 2.94. The highest BCUT2D eigenvalue weighted by atomic mass is 16.2. The molecule has 3 amide bonds. The number of hydrogen-bond acceptors (Lipinski definition) is 5. The van der Waals surface area contributed by atoms with E-state index in [1.807, 2.05) is 24.3 Å². The molecular formula is C23H26N4O3. The molecule has 156 valence electrons. The molecule has 2 unspecified atom stereocenters. The van der Waals surface area contributed by atoms with Crippen LogP contribution in [0.15, 0.2) is 36.4 Å². The summed E-state index contributed by atoms with van der Waals surface area (Å²) in [6, 6.07) is 5.32. The Kier molecular flexibility index (Phi) is 4.60. The SMILES string of the molecule is CC1(N2CCCNCC2)C=CC=C2C(=O)N(C3CCC(=O)NC3=O)c3cccc1c32. The van der Waals surface area contributed by atoms with Crippen molar-refractivity contribution in [3.63, 3.8) is 0 Å². The molecule has 7 nitrogen and oxygen atoms in total. The number of carbonyl (C=O) groups excluding carboxylic acids is 3. The number of carbonyl (C=O) groups is 3. The molecule has 4 aliphatic rings. The topological polar surface area (TPSA) is 81.8 Å². The number of nitrogens with zero attached hydrogens (tertiary/aromatic N) is 2. The van der Waals surface area contributed by atoms with Gasteiger partial charge in [0, 0.05) is 37.2 Å². The summed E-state index contributed by atoms with van der Waals surface area (Å²) in [7, 11) is 0. The Hall–Kier alpha value is -2.77. The first-order valence-electron chi connectivity index (χ1n) is 10.7. The maximum Gasteiger partial charge on any atom is 0.259 e. The summed E-state index contributed by atoms with van der Waals surface area (Å²) in [5.41, 5.74) is 3.04. The Morgan fingerprint density at radius 2 is 2.00 bits per heavy atom. The summed E-state index contributed by atoms with van der Waals surface area (Å²) in [6.45, 7) is 6.04. The van der Waals surface area contributed by atoms with Gasteiger partial charge in [0.05, 0.1) is 11.2 Å². The van der Waals surface area contributed by atoms with Gasteiger partial charge in [0.1, 0.15) is 6.04 Å². The Morgan fingerprint density at radius 3 is 2.83 bits per heavy atom. The second-order valence-corrected chi connectivity index (χ2v) is 8.52. The summed E-state index contributed by atoms with van der Waals surface area (Å²) in [4.78, 5) is 41.7. The number of imide groups is 1. The van der Waals surface area contributed by atoms with E-state index in [9.17, 15) is 14.4 Å². The predicted octanol–water partition coefficient (Wildman–Crippen LogP) is 1.30. The molecule has 2 atom stereocenters. The molecule has 2 N–H and O–H groups in total. The van der Waals surface area contributed by atoms with Crippen molar-refractivity contribution in [1.29, 1.82) is 0 Å². The Morgan fingerprint density at radius 1 is 1.13 bits per heavy atom. The van der Waals surface area contributed by atoms with Crippen LogP contribution in [-0.4, -0.2) is 54.8 Å². The van der Waals surface area contributed by atoms with Crippen LogP contribution in [0.5, 0.6) is 0 Å². The fourth-order valence-electron chi connectivity index (χ4n) is 5.19. The minimum absolute atomic E-state index is 0.168. The predicted molar refractivity (Wildman–Crippen MR) is 114 cm³/mol. The van der Waals surface area contributed by atoms with E-state index in [0.29, 0.717) is 12.0 Å². The van der Waals surface area contributed by atoms with Crippen LogP contribution in [0.25, 0.3) is 5.57 Å². The van der Waals surface area contributed by atoms with E-state index in [-0.39, 0.29) is 23.8 Å². The van der Waals surface area contributed by atoms with Crippen LogP contribution < -0.4 is 15.5 Å². The van der Waals surface area contributed by atoms with Crippen molar-refractivity contribution in [1.82, 2.24) is 15.5 Å². The summed E-state index contributed by atoms with van der Waals surface area (Å²) < 4.78 is 0. The van der Waals surface area contributed by atoms with Gasteiger partial charge in [0.25, 0.3) is 5.91 Å². The minimum atomic E-state index is -0.660. The van der Waals surface area contributed by atoms with E-state index < -0.39 is 11.9 Å². The largest absolute Gasteiger partial charge is 0.315 e. The quantitative estimate of drug-likeness (QED) is 0.724. The number of benzene rings is 1. The van der Waals surface area contributed by atoms with Crippen LogP contribution in [0.4, 0.5) is 5.69 Å². The zero-order valence-electron chi connectivity index (χ0n) is 17.1. The van der Waals surface area contributed by atoms with Crippen LogP contribution in [0.3, 0.4) is 0 Å². The summed E-state index contributed by atoms with van der Waals surface area (Å²) in [5.74, 6) is -0.844. The van der Waals surface area contributed by atoms with Crippen molar-refractivity contribution < 1.29 is 14.4 Å². The molecule has 0 radical (unpaired) electrons. The van der Waals surface area contributed by atoms with Gasteiger partial charge >= 0.3 is 0 Å². The van der Waals surface area contributed by atoms with E-state index >= 15 is 0 Å². The van der Waals surface area contributed by atoms with Gasteiger partial charge in [-0.1, -0.05) is 24.3 Å². The molecule has 2 saturated heterocycles. The lowest BCUT2D eigenvalue weighted by Crippen LogP contribution is -2.53. The molecule has 1 aromatic rings. The van der Waals surface area contributed by atoms with Crippen LogP contribution in [-0.2, 0) is 19.9 Å². The maximum atomic E-state index is 13.4. The van der Waals surface area contributed by atoms with Gasteiger partial charge in [0.15, 0.2) is 0 Å². The number of piperidine rings is 1. The van der Waals surface area contributed by atoms with Crippen LogP contribution in [0.2, 0.25) is 0 Å². The third-order valence-corrected chi connectivity index (χ3v) is 6.77. The first-order valence-corrected chi connectivity index (χ1v) is 10.7. The van der Waals surface area contributed by atoms with E-state index in [2.05, 4.69) is 34.6 Å². The number of nitrogens with one attached hydrogen (secondary N) is 2. The number of rotatable bonds is 2. The zero-order valence-corrected chi connectivity index (χ0v) is 17.1. The van der Waals surface area contributed by atoms with E-state index in [0.717, 1.165) is 49.4 Å². The highest BCUT2D eigenvalue weighted by molar-refractivity contribution is 6.34. The third-order valence-electron chi connectivity index (χ3n) is 6.77. The summed E-state index contributed by atoms with van der Waals surface area (Å²) in [5, 5.41) is 5.85. The number of amides is 3. The summed E-state index contributed by atoms with van der Waals surface area (Å²) >= 11 is 0. The van der Waals surface area contributed by atoms with Crippen molar-refractivity contribution in [2.45, 2.75) is 37.8 Å². The highest BCUT2D eigenvalue weighted by Gasteiger charge is 2.46. The van der Waals surface area contributed by atoms with E-state index in [1.165, 1.54) is 0 Å². The lowest BCUT2D eigenvalue weighted by atomic mass is 9.85. The van der Waals surface area contributed by atoms with Crippen LogP contribution in [0, 0.1) is 0 Å². The van der Waals surface area contributed by atoms with Gasteiger partial charge in [-0.15, -0.1) is 0 Å². The van der Waals surface area contributed by atoms with Crippen molar-refractivity contribution >= 4 is 29.0 Å². The van der Waals surface area contributed by atoms with Crippen molar-refractivity contribution in [3.8, 4) is 0 Å². The molecule has 3 aliphatic heterocycles. The standard InChI is InChI=1S/C23H26N4O3/c1-23(26-13-4-11-24-12-14-26)10-3-5-15-20-16(23)6-2-7-17(20)27(22(15)30)18-8-9-19(28)25-21(18)29/h2-3,5-7,10,18,24H,4,8-9,11-14H2,1H3,(H,25,28,29). The van der Waals surface area contributed by atoms with Gasteiger partial charge in [-0.2, -0.15) is 0 Å². The van der Waals surface area contributed by atoms with Crippen molar-refractivity contribution in [2.75, 3.05) is 31.1 Å². The second kappa shape index (κ2) is 7.18. The van der Waals surface area contributed by atoms with Gasteiger partial charge in [0.2, 0.25) is 11.8 Å². The number of anilines is 1. The Labute approximate surface area is 175 Å². The molecular weight excluding hydrogens is 380 g/mol. The lowest BCUT2D eigenvalue weighted by Gasteiger charge is -2.40. The fourth-order valence-corrected chi connectivity index (χ4v) is 5.19.